The number of aromatic nitrogens is 2. The molecule has 1 N–H and O–H groups in total. The van der Waals surface area contributed by atoms with Crippen molar-refractivity contribution in [3.05, 3.63) is 17.5 Å². The Labute approximate surface area is 77.2 Å². The smallest absolute Gasteiger partial charge is 0.339 e. The molecule has 0 atom stereocenters. The normalized spacial score (nSPS) is 11.7. The van der Waals surface area contributed by atoms with Crippen LogP contribution >= 0.6 is 0 Å². The standard InChI is InChI=1S/C9H14N2O2/c1-6-7(8(12)13)5-11(10-6)9(2,3)4/h5H,1-4H3,(H,12,13). The van der Waals surface area contributed by atoms with Crippen LogP contribution in [0.5, 0.6) is 0 Å². The van der Waals surface area contributed by atoms with Crippen LogP contribution in [0.1, 0.15) is 36.8 Å². The highest BCUT2D eigenvalue weighted by Crippen LogP contribution is 2.15. The highest BCUT2D eigenvalue weighted by atomic mass is 16.4. The Balaban J connectivity index is 3.17. The molecule has 0 fully saturated rings. The lowest BCUT2D eigenvalue weighted by molar-refractivity contribution is 0.0696. The summed E-state index contributed by atoms with van der Waals surface area (Å²) in [6.45, 7) is 7.63. The van der Waals surface area contributed by atoms with E-state index < -0.39 is 5.97 Å². The van der Waals surface area contributed by atoms with E-state index in [4.69, 9.17) is 5.11 Å². The number of nitrogens with zero attached hydrogens (tertiary/aromatic N) is 2. The number of hydrogen-bond donors (Lipinski definition) is 1. The van der Waals surface area contributed by atoms with Crippen LogP contribution < -0.4 is 0 Å². The monoisotopic (exact) mass is 182 g/mol. The lowest BCUT2D eigenvalue weighted by Gasteiger charge is -2.18. The van der Waals surface area contributed by atoms with Gasteiger partial charge in [0.15, 0.2) is 0 Å². The fourth-order valence-corrected chi connectivity index (χ4v) is 1.01. The lowest BCUT2D eigenvalue weighted by atomic mass is 10.1. The number of aryl methyl sites for hydroxylation is 1. The summed E-state index contributed by atoms with van der Waals surface area (Å²) in [5, 5.41) is 12.9. The Kier molecular flexibility index (Phi) is 2.15. The lowest BCUT2D eigenvalue weighted by Crippen LogP contribution is -2.22. The third kappa shape index (κ3) is 1.88. The van der Waals surface area contributed by atoms with Crippen molar-refractivity contribution in [1.29, 1.82) is 0 Å². The fourth-order valence-electron chi connectivity index (χ4n) is 1.01. The summed E-state index contributed by atoms with van der Waals surface area (Å²) in [5.41, 5.74) is 0.663. The van der Waals surface area contributed by atoms with Crippen molar-refractivity contribution in [1.82, 2.24) is 9.78 Å². The highest BCUT2D eigenvalue weighted by Gasteiger charge is 2.18. The number of rotatable bonds is 1. The first-order valence-electron chi connectivity index (χ1n) is 4.12. The molecule has 1 aromatic rings. The molecular weight excluding hydrogens is 168 g/mol. The molecular formula is C9H14N2O2. The zero-order valence-electron chi connectivity index (χ0n) is 8.33. The molecule has 0 aromatic carbocycles. The fraction of sp³-hybridized carbons (Fsp3) is 0.556. The van der Waals surface area contributed by atoms with Gasteiger partial charge in [0.25, 0.3) is 0 Å². The molecule has 1 aromatic heterocycles. The SMILES string of the molecule is Cc1nn(C(C)(C)C)cc1C(=O)O. The van der Waals surface area contributed by atoms with Crippen molar-refractivity contribution in [3.8, 4) is 0 Å². The summed E-state index contributed by atoms with van der Waals surface area (Å²) in [6, 6.07) is 0. The van der Waals surface area contributed by atoms with Crippen LogP contribution in [0.2, 0.25) is 0 Å². The summed E-state index contributed by atoms with van der Waals surface area (Å²) in [5.74, 6) is -0.923. The van der Waals surface area contributed by atoms with Gasteiger partial charge in [-0.25, -0.2) is 4.79 Å². The minimum atomic E-state index is -0.923. The maximum Gasteiger partial charge on any atom is 0.339 e. The molecule has 4 nitrogen and oxygen atoms in total. The zero-order valence-corrected chi connectivity index (χ0v) is 8.33. The molecule has 0 amide bonds. The third-order valence-corrected chi connectivity index (χ3v) is 1.82. The van der Waals surface area contributed by atoms with Gasteiger partial charge in [0.05, 0.1) is 11.2 Å². The average Bonchev–Trinajstić information content (AvgIpc) is 2.29. The van der Waals surface area contributed by atoms with Gasteiger partial charge in [-0.05, 0) is 27.7 Å². The maximum atomic E-state index is 10.7. The summed E-state index contributed by atoms with van der Waals surface area (Å²) >= 11 is 0. The van der Waals surface area contributed by atoms with E-state index in [1.54, 1.807) is 17.8 Å². The van der Waals surface area contributed by atoms with E-state index in [9.17, 15) is 4.79 Å². The van der Waals surface area contributed by atoms with Crippen LogP contribution in [-0.2, 0) is 5.54 Å². The Bertz CT molecular complexity index is 334. The van der Waals surface area contributed by atoms with Gasteiger partial charge < -0.3 is 5.11 Å². The molecule has 13 heavy (non-hydrogen) atoms. The van der Waals surface area contributed by atoms with Crippen LogP contribution in [0.25, 0.3) is 0 Å². The van der Waals surface area contributed by atoms with Crippen molar-refractivity contribution in [2.75, 3.05) is 0 Å². The van der Waals surface area contributed by atoms with Gasteiger partial charge in [-0.3, -0.25) is 4.68 Å². The summed E-state index contributed by atoms with van der Waals surface area (Å²) in [4.78, 5) is 10.7. The van der Waals surface area contributed by atoms with Crippen LogP contribution in [0, 0.1) is 6.92 Å². The quantitative estimate of drug-likeness (QED) is 0.718. The minimum Gasteiger partial charge on any atom is -0.478 e. The Morgan fingerprint density at radius 3 is 2.31 bits per heavy atom. The minimum absolute atomic E-state index is 0.168. The Hall–Kier alpha value is -1.32. The molecule has 0 bridgehead atoms. The van der Waals surface area contributed by atoms with Gasteiger partial charge in [0.1, 0.15) is 5.56 Å². The topological polar surface area (TPSA) is 55.1 Å². The van der Waals surface area contributed by atoms with Crippen LogP contribution in [-0.4, -0.2) is 20.9 Å². The van der Waals surface area contributed by atoms with Crippen molar-refractivity contribution < 1.29 is 9.90 Å². The van der Waals surface area contributed by atoms with Crippen molar-refractivity contribution in [3.63, 3.8) is 0 Å². The second-order valence-electron chi connectivity index (χ2n) is 4.05. The van der Waals surface area contributed by atoms with Gasteiger partial charge in [-0.2, -0.15) is 5.10 Å². The van der Waals surface area contributed by atoms with E-state index >= 15 is 0 Å². The predicted molar refractivity (Wildman–Crippen MR) is 48.9 cm³/mol. The molecule has 0 aliphatic rings. The number of carboxylic acid groups (broad SMARTS) is 1. The first-order valence-corrected chi connectivity index (χ1v) is 4.12. The first-order chi connectivity index (χ1) is 5.82. The molecule has 0 aliphatic heterocycles. The molecule has 72 valence electrons. The molecule has 0 aliphatic carbocycles. The second kappa shape index (κ2) is 2.87. The largest absolute Gasteiger partial charge is 0.478 e. The van der Waals surface area contributed by atoms with Gasteiger partial charge in [0, 0.05) is 6.20 Å². The van der Waals surface area contributed by atoms with E-state index in [1.165, 1.54) is 0 Å². The molecule has 1 heterocycles. The molecule has 1 rings (SSSR count). The summed E-state index contributed by atoms with van der Waals surface area (Å²) in [6.07, 6.45) is 1.57. The molecule has 4 heteroatoms. The third-order valence-electron chi connectivity index (χ3n) is 1.82. The molecule has 0 radical (unpaired) electrons. The maximum absolute atomic E-state index is 10.7. The summed E-state index contributed by atoms with van der Waals surface area (Å²) < 4.78 is 1.67. The van der Waals surface area contributed by atoms with Gasteiger partial charge in [-0.15, -0.1) is 0 Å². The van der Waals surface area contributed by atoms with Crippen LogP contribution in [0.15, 0.2) is 6.20 Å². The number of carboxylic acids is 1. The van der Waals surface area contributed by atoms with Crippen molar-refractivity contribution >= 4 is 5.97 Å². The van der Waals surface area contributed by atoms with Gasteiger partial charge in [-0.1, -0.05) is 0 Å². The molecule has 0 saturated heterocycles. The predicted octanol–water partition coefficient (Wildman–Crippen LogP) is 1.64. The first kappa shape index (κ1) is 9.77. The van der Waals surface area contributed by atoms with Crippen molar-refractivity contribution in [2.24, 2.45) is 0 Å². The van der Waals surface area contributed by atoms with Crippen molar-refractivity contribution in [2.45, 2.75) is 33.2 Å². The summed E-state index contributed by atoms with van der Waals surface area (Å²) in [7, 11) is 0. The molecule has 0 saturated carbocycles. The number of aromatic carboxylic acids is 1. The second-order valence-corrected chi connectivity index (χ2v) is 4.05. The average molecular weight is 182 g/mol. The Morgan fingerprint density at radius 2 is 2.08 bits per heavy atom. The van der Waals surface area contributed by atoms with E-state index in [1.807, 2.05) is 20.8 Å². The molecule has 0 unspecified atom stereocenters. The van der Waals surface area contributed by atoms with Gasteiger partial charge in [0.2, 0.25) is 0 Å². The van der Waals surface area contributed by atoms with E-state index in [0.717, 1.165) is 0 Å². The highest BCUT2D eigenvalue weighted by molar-refractivity contribution is 5.88. The number of carbonyl (C=O) groups is 1. The Morgan fingerprint density at radius 1 is 1.54 bits per heavy atom. The van der Waals surface area contributed by atoms with E-state index in [2.05, 4.69) is 5.10 Å². The zero-order chi connectivity index (χ0) is 10.2. The number of hydrogen-bond acceptors (Lipinski definition) is 2. The van der Waals surface area contributed by atoms with E-state index in [-0.39, 0.29) is 11.1 Å². The van der Waals surface area contributed by atoms with Gasteiger partial charge >= 0.3 is 5.97 Å². The van der Waals surface area contributed by atoms with E-state index in [0.29, 0.717) is 5.69 Å². The van der Waals surface area contributed by atoms with Crippen LogP contribution in [0.3, 0.4) is 0 Å². The van der Waals surface area contributed by atoms with Crippen LogP contribution in [0.4, 0.5) is 0 Å². The molecule has 0 spiro atoms.